The normalized spacial score (nSPS) is 13.7. The third kappa shape index (κ3) is 5.81. The van der Waals surface area contributed by atoms with Gasteiger partial charge in [0.2, 0.25) is 5.91 Å². The number of nitrogens with one attached hydrogen (secondary N) is 2. The third-order valence-electron chi connectivity index (χ3n) is 4.59. The quantitative estimate of drug-likeness (QED) is 0.702. The van der Waals surface area contributed by atoms with Gasteiger partial charge in [-0.05, 0) is 49.6 Å². The molecule has 1 aliphatic rings. The van der Waals surface area contributed by atoms with E-state index in [2.05, 4.69) is 10.6 Å². The molecule has 0 radical (unpaired) electrons. The lowest BCUT2D eigenvalue weighted by Gasteiger charge is -2.18. The van der Waals surface area contributed by atoms with Gasteiger partial charge in [0.25, 0.3) is 5.91 Å². The number of esters is 1. The lowest BCUT2D eigenvalue weighted by atomic mass is 10.0. The van der Waals surface area contributed by atoms with Crippen LogP contribution in [0.1, 0.15) is 30.0 Å². The van der Waals surface area contributed by atoms with Crippen molar-refractivity contribution in [2.45, 2.75) is 39.3 Å². The minimum absolute atomic E-state index is 0.00983. The minimum atomic E-state index is -0.921. The Morgan fingerprint density at radius 2 is 1.90 bits per heavy atom. The molecule has 152 valence electrons. The Morgan fingerprint density at radius 1 is 1.14 bits per heavy atom. The van der Waals surface area contributed by atoms with E-state index in [-0.39, 0.29) is 18.4 Å². The summed E-state index contributed by atoms with van der Waals surface area (Å²) in [6.07, 6.45) is 0.129. The summed E-state index contributed by atoms with van der Waals surface area (Å²) in [5.74, 6) is -0.504. The first-order chi connectivity index (χ1) is 13.9. The highest BCUT2D eigenvalue weighted by Gasteiger charge is 2.19. The Bertz CT molecular complexity index is 908. The van der Waals surface area contributed by atoms with Crippen molar-refractivity contribution in [1.29, 1.82) is 0 Å². The van der Waals surface area contributed by atoms with Gasteiger partial charge in [-0.1, -0.05) is 29.8 Å². The summed E-state index contributed by atoms with van der Waals surface area (Å²) in [4.78, 5) is 35.5. The molecule has 7 heteroatoms. The van der Waals surface area contributed by atoms with Gasteiger partial charge in [0, 0.05) is 18.7 Å². The fourth-order valence-corrected chi connectivity index (χ4v) is 2.92. The van der Waals surface area contributed by atoms with Gasteiger partial charge in [-0.3, -0.25) is 9.59 Å². The zero-order chi connectivity index (χ0) is 20.8. The minimum Gasteiger partial charge on any atom is -0.482 e. The molecule has 0 aromatic heterocycles. The Labute approximate surface area is 169 Å². The zero-order valence-corrected chi connectivity index (χ0v) is 16.5. The number of anilines is 1. The summed E-state index contributed by atoms with van der Waals surface area (Å²) in [5.41, 5.74) is 3.83. The fourth-order valence-electron chi connectivity index (χ4n) is 2.92. The summed E-state index contributed by atoms with van der Waals surface area (Å²) in [6, 6.07) is 13.0. The maximum absolute atomic E-state index is 12.1. The summed E-state index contributed by atoms with van der Waals surface area (Å²) in [7, 11) is 0. The molecule has 2 N–H and O–H groups in total. The Balaban J connectivity index is 1.43. The smallest absolute Gasteiger partial charge is 0.344 e. The SMILES string of the molecule is Cc1ccc(CNC(=O)C(C)OC(=O)COc2ccc3c(c2)CCC(=O)N3)cc1. The number of carbonyl (C=O) groups is 3. The van der Waals surface area contributed by atoms with Crippen molar-refractivity contribution in [2.75, 3.05) is 11.9 Å². The molecule has 3 rings (SSSR count). The molecule has 0 saturated heterocycles. The van der Waals surface area contributed by atoms with E-state index < -0.39 is 12.1 Å². The molecule has 1 atom stereocenters. The van der Waals surface area contributed by atoms with Gasteiger partial charge in [0.05, 0.1) is 0 Å². The molecule has 1 unspecified atom stereocenters. The number of hydrogen-bond donors (Lipinski definition) is 2. The number of aryl methyl sites for hydroxylation is 2. The Morgan fingerprint density at radius 3 is 2.66 bits per heavy atom. The van der Waals surface area contributed by atoms with Crippen LogP contribution in [0.5, 0.6) is 5.75 Å². The molecule has 0 fully saturated rings. The van der Waals surface area contributed by atoms with Gasteiger partial charge < -0.3 is 20.1 Å². The molecule has 29 heavy (non-hydrogen) atoms. The Hall–Kier alpha value is -3.35. The highest BCUT2D eigenvalue weighted by Crippen LogP contribution is 2.26. The largest absolute Gasteiger partial charge is 0.482 e. The second-order valence-electron chi connectivity index (χ2n) is 6.99. The van der Waals surface area contributed by atoms with Gasteiger partial charge >= 0.3 is 5.97 Å². The van der Waals surface area contributed by atoms with E-state index in [1.165, 1.54) is 6.92 Å². The standard InChI is InChI=1S/C22H24N2O5/c1-14-3-5-16(6-4-14)12-23-22(27)15(2)29-21(26)13-28-18-8-9-19-17(11-18)7-10-20(25)24-19/h3-6,8-9,11,15H,7,10,12-13H2,1-2H3,(H,23,27)(H,24,25). The second-order valence-corrected chi connectivity index (χ2v) is 6.99. The van der Waals surface area contributed by atoms with Crippen molar-refractivity contribution in [3.05, 3.63) is 59.2 Å². The monoisotopic (exact) mass is 396 g/mol. The number of rotatable bonds is 7. The molecule has 7 nitrogen and oxygen atoms in total. The predicted octanol–water partition coefficient (Wildman–Crippen LogP) is 2.51. The lowest BCUT2D eigenvalue weighted by Crippen LogP contribution is -2.36. The van der Waals surface area contributed by atoms with Crippen molar-refractivity contribution in [2.24, 2.45) is 0 Å². The lowest BCUT2D eigenvalue weighted by molar-refractivity contribution is -0.156. The molecular formula is C22H24N2O5. The van der Waals surface area contributed by atoms with Crippen molar-refractivity contribution < 1.29 is 23.9 Å². The van der Waals surface area contributed by atoms with Crippen LogP contribution >= 0.6 is 0 Å². The molecular weight excluding hydrogens is 372 g/mol. The van der Waals surface area contributed by atoms with E-state index in [1.54, 1.807) is 18.2 Å². The molecule has 1 heterocycles. The molecule has 0 spiro atoms. The fraction of sp³-hybridized carbons (Fsp3) is 0.318. The Kier molecular flexibility index (Phi) is 6.49. The summed E-state index contributed by atoms with van der Waals surface area (Å²) < 4.78 is 10.6. The van der Waals surface area contributed by atoms with E-state index in [0.717, 1.165) is 22.4 Å². The van der Waals surface area contributed by atoms with Crippen LogP contribution in [0.4, 0.5) is 5.69 Å². The zero-order valence-electron chi connectivity index (χ0n) is 16.5. The van der Waals surface area contributed by atoms with Crippen molar-refractivity contribution in [3.63, 3.8) is 0 Å². The van der Waals surface area contributed by atoms with Crippen LogP contribution in [-0.2, 0) is 32.1 Å². The van der Waals surface area contributed by atoms with E-state index in [4.69, 9.17) is 9.47 Å². The number of fused-ring (bicyclic) bond motifs is 1. The topological polar surface area (TPSA) is 93.7 Å². The van der Waals surface area contributed by atoms with Gasteiger partial charge in [0.15, 0.2) is 12.7 Å². The first kappa shape index (κ1) is 20.4. The van der Waals surface area contributed by atoms with Gasteiger partial charge in [0.1, 0.15) is 5.75 Å². The summed E-state index contributed by atoms with van der Waals surface area (Å²) in [6.45, 7) is 3.57. The van der Waals surface area contributed by atoms with Crippen LogP contribution in [0, 0.1) is 6.92 Å². The maximum atomic E-state index is 12.1. The first-order valence-electron chi connectivity index (χ1n) is 9.49. The number of ether oxygens (including phenoxy) is 2. The van der Waals surface area contributed by atoms with Gasteiger partial charge in [-0.15, -0.1) is 0 Å². The molecule has 2 aromatic carbocycles. The van der Waals surface area contributed by atoms with Crippen LogP contribution in [0.15, 0.2) is 42.5 Å². The highest BCUT2D eigenvalue weighted by atomic mass is 16.6. The van der Waals surface area contributed by atoms with Crippen LogP contribution in [-0.4, -0.2) is 30.5 Å². The molecule has 2 aromatic rings. The van der Waals surface area contributed by atoms with E-state index in [1.807, 2.05) is 31.2 Å². The molecule has 0 bridgehead atoms. The van der Waals surface area contributed by atoms with Crippen molar-refractivity contribution in [1.82, 2.24) is 5.32 Å². The van der Waals surface area contributed by atoms with E-state index >= 15 is 0 Å². The molecule has 1 aliphatic heterocycles. The third-order valence-corrected chi connectivity index (χ3v) is 4.59. The van der Waals surface area contributed by atoms with Crippen LogP contribution in [0.2, 0.25) is 0 Å². The van der Waals surface area contributed by atoms with Gasteiger partial charge in [-0.25, -0.2) is 4.79 Å². The summed E-state index contributed by atoms with van der Waals surface area (Å²) >= 11 is 0. The van der Waals surface area contributed by atoms with Gasteiger partial charge in [-0.2, -0.15) is 0 Å². The van der Waals surface area contributed by atoms with Crippen LogP contribution in [0.25, 0.3) is 0 Å². The molecule has 2 amide bonds. The number of carbonyl (C=O) groups excluding carboxylic acids is 3. The number of benzene rings is 2. The van der Waals surface area contributed by atoms with E-state index in [0.29, 0.717) is 25.1 Å². The van der Waals surface area contributed by atoms with Crippen LogP contribution < -0.4 is 15.4 Å². The predicted molar refractivity (Wildman–Crippen MR) is 107 cm³/mol. The molecule has 0 aliphatic carbocycles. The number of hydrogen-bond acceptors (Lipinski definition) is 5. The van der Waals surface area contributed by atoms with Crippen molar-refractivity contribution in [3.8, 4) is 5.75 Å². The average molecular weight is 396 g/mol. The summed E-state index contributed by atoms with van der Waals surface area (Å²) in [5, 5.41) is 5.53. The molecule has 0 saturated carbocycles. The average Bonchev–Trinajstić information content (AvgIpc) is 2.71. The van der Waals surface area contributed by atoms with Crippen molar-refractivity contribution >= 4 is 23.5 Å². The first-order valence-corrected chi connectivity index (χ1v) is 9.49. The van der Waals surface area contributed by atoms with Crippen LogP contribution in [0.3, 0.4) is 0 Å². The van der Waals surface area contributed by atoms with E-state index in [9.17, 15) is 14.4 Å². The highest BCUT2D eigenvalue weighted by molar-refractivity contribution is 5.94. The maximum Gasteiger partial charge on any atom is 0.344 e. The second kappa shape index (κ2) is 9.23. The number of amides is 2.